The molecule has 0 radical (unpaired) electrons. The van der Waals surface area contributed by atoms with Crippen molar-refractivity contribution < 1.29 is 14.3 Å². The zero-order valence-corrected chi connectivity index (χ0v) is 13.5. The standard InChI is InChI=1S/C15H19BrN2O3/c1-21-15(20)11-4-2-3-9(11)8-18-14(19)12-7-10(16)5-6-13(12)17/h5-7,9,11H,2-4,8,17H2,1H3,(H,18,19). The summed E-state index contributed by atoms with van der Waals surface area (Å²) in [6, 6.07) is 5.17. The number of anilines is 1. The molecule has 2 rings (SSSR count). The minimum absolute atomic E-state index is 0.116. The van der Waals surface area contributed by atoms with Crippen LogP contribution in [0.4, 0.5) is 5.69 Å². The average molecular weight is 355 g/mol. The summed E-state index contributed by atoms with van der Waals surface area (Å²) in [6.45, 7) is 0.463. The molecule has 2 unspecified atom stereocenters. The Balaban J connectivity index is 1.97. The number of benzene rings is 1. The predicted octanol–water partition coefficient (Wildman–Crippen LogP) is 2.35. The lowest BCUT2D eigenvalue weighted by molar-refractivity contribution is -0.146. The van der Waals surface area contributed by atoms with Crippen molar-refractivity contribution in [1.29, 1.82) is 0 Å². The number of hydrogen-bond donors (Lipinski definition) is 2. The van der Waals surface area contributed by atoms with Gasteiger partial charge in [0.15, 0.2) is 0 Å². The zero-order valence-electron chi connectivity index (χ0n) is 11.9. The molecular weight excluding hydrogens is 336 g/mol. The van der Waals surface area contributed by atoms with E-state index in [2.05, 4.69) is 21.2 Å². The summed E-state index contributed by atoms with van der Waals surface area (Å²) in [4.78, 5) is 23.9. The summed E-state index contributed by atoms with van der Waals surface area (Å²) in [6.07, 6.45) is 2.74. The summed E-state index contributed by atoms with van der Waals surface area (Å²) in [7, 11) is 1.40. The molecule has 1 aliphatic carbocycles. The SMILES string of the molecule is COC(=O)C1CCCC1CNC(=O)c1cc(Br)ccc1N. The van der Waals surface area contributed by atoms with E-state index in [0.29, 0.717) is 17.8 Å². The van der Waals surface area contributed by atoms with Crippen molar-refractivity contribution in [1.82, 2.24) is 5.32 Å². The molecule has 0 saturated heterocycles. The molecule has 0 aromatic heterocycles. The molecule has 5 nitrogen and oxygen atoms in total. The van der Waals surface area contributed by atoms with Crippen molar-refractivity contribution in [3.8, 4) is 0 Å². The average Bonchev–Trinajstić information content (AvgIpc) is 2.95. The van der Waals surface area contributed by atoms with Crippen molar-refractivity contribution >= 4 is 33.5 Å². The van der Waals surface area contributed by atoms with E-state index in [-0.39, 0.29) is 23.7 Å². The van der Waals surface area contributed by atoms with E-state index >= 15 is 0 Å². The Kier molecular flexibility index (Phi) is 5.22. The fourth-order valence-corrected chi connectivity index (χ4v) is 3.15. The van der Waals surface area contributed by atoms with Gasteiger partial charge in [0.05, 0.1) is 18.6 Å². The predicted molar refractivity (Wildman–Crippen MR) is 83.7 cm³/mol. The normalized spacial score (nSPS) is 21.0. The van der Waals surface area contributed by atoms with E-state index < -0.39 is 0 Å². The number of halogens is 1. The number of nitrogens with two attached hydrogens (primary N) is 1. The maximum absolute atomic E-state index is 12.2. The number of esters is 1. The first-order valence-corrected chi connectivity index (χ1v) is 7.73. The van der Waals surface area contributed by atoms with Crippen molar-refractivity contribution in [2.45, 2.75) is 19.3 Å². The van der Waals surface area contributed by atoms with Crippen molar-refractivity contribution in [3.05, 3.63) is 28.2 Å². The van der Waals surface area contributed by atoms with Gasteiger partial charge >= 0.3 is 5.97 Å². The molecule has 6 heteroatoms. The molecule has 21 heavy (non-hydrogen) atoms. The van der Waals surface area contributed by atoms with Gasteiger partial charge in [-0.05, 0) is 37.0 Å². The van der Waals surface area contributed by atoms with Gasteiger partial charge in [0, 0.05) is 16.7 Å². The third kappa shape index (κ3) is 3.75. The monoisotopic (exact) mass is 354 g/mol. The van der Waals surface area contributed by atoms with Gasteiger partial charge in [-0.2, -0.15) is 0 Å². The van der Waals surface area contributed by atoms with Crippen LogP contribution in [0.3, 0.4) is 0 Å². The van der Waals surface area contributed by atoms with E-state index in [1.54, 1.807) is 18.2 Å². The minimum atomic E-state index is -0.218. The highest BCUT2D eigenvalue weighted by Crippen LogP contribution is 2.32. The lowest BCUT2D eigenvalue weighted by Gasteiger charge is -2.18. The number of nitrogen functional groups attached to an aromatic ring is 1. The summed E-state index contributed by atoms with van der Waals surface area (Å²) in [5.41, 5.74) is 6.69. The van der Waals surface area contributed by atoms with E-state index in [0.717, 1.165) is 23.7 Å². The highest BCUT2D eigenvalue weighted by molar-refractivity contribution is 9.10. The van der Waals surface area contributed by atoms with E-state index in [1.165, 1.54) is 7.11 Å². The highest BCUT2D eigenvalue weighted by atomic mass is 79.9. The maximum atomic E-state index is 12.2. The molecule has 1 aliphatic rings. The van der Waals surface area contributed by atoms with E-state index in [4.69, 9.17) is 10.5 Å². The molecule has 0 bridgehead atoms. The molecule has 1 amide bonds. The first kappa shape index (κ1) is 15.8. The first-order valence-electron chi connectivity index (χ1n) is 6.94. The van der Waals surface area contributed by atoms with Crippen LogP contribution >= 0.6 is 15.9 Å². The topological polar surface area (TPSA) is 81.4 Å². The van der Waals surface area contributed by atoms with Gasteiger partial charge in [0.25, 0.3) is 5.91 Å². The van der Waals surface area contributed by atoms with Crippen LogP contribution in [0.2, 0.25) is 0 Å². The van der Waals surface area contributed by atoms with Crippen LogP contribution in [-0.2, 0) is 9.53 Å². The Labute approximate surface area is 132 Å². The summed E-state index contributed by atoms with van der Waals surface area (Å²) >= 11 is 3.32. The van der Waals surface area contributed by atoms with Gasteiger partial charge in [-0.15, -0.1) is 0 Å². The number of carbonyl (C=O) groups excluding carboxylic acids is 2. The summed E-state index contributed by atoms with van der Waals surface area (Å²) in [5, 5.41) is 2.87. The van der Waals surface area contributed by atoms with Crippen LogP contribution in [-0.4, -0.2) is 25.5 Å². The van der Waals surface area contributed by atoms with Gasteiger partial charge in [-0.25, -0.2) is 0 Å². The van der Waals surface area contributed by atoms with Gasteiger partial charge in [0.2, 0.25) is 0 Å². The number of carbonyl (C=O) groups is 2. The van der Waals surface area contributed by atoms with Crippen LogP contribution in [0.5, 0.6) is 0 Å². The number of amides is 1. The zero-order chi connectivity index (χ0) is 15.4. The lowest BCUT2D eigenvalue weighted by Crippen LogP contribution is -2.33. The van der Waals surface area contributed by atoms with Crippen molar-refractivity contribution in [2.24, 2.45) is 11.8 Å². The molecule has 114 valence electrons. The van der Waals surface area contributed by atoms with Crippen molar-refractivity contribution in [3.63, 3.8) is 0 Å². The number of rotatable bonds is 4. The summed E-state index contributed by atoms with van der Waals surface area (Å²) in [5.74, 6) is -0.386. The Bertz CT molecular complexity index is 548. The quantitative estimate of drug-likeness (QED) is 0.642. The first-order chi connectivity index (χ1) is 10.0. The molecule has 0 heterocycles. The fourth-order valence-electron chi connectivity index (χ4n) is 2.79. The van der Waals surface area contributed by atoms with E-state index in [9.17, 15) is 9.59 Å². The van der Waals surface area contributed by atoms with Crippen molar-refractivity contribution in [2.75, 3.05) is 19.4 Å². The molecule has 1 aromatic rings. The molecule has 0 spiro atoms. The second-order valence-corrected chi connectivity index (χ2v) is 6.18. The molecule has 1 fully saturated rings. The maximum Gasteiger partial charge on any atom is 0.309 e. The number of hydrogen-bond acceptors (Lipinski definition) is 4. The largest absolute Gasteiger partial charge is 0.469 e. The van der Waals surface area contributed by atoms with Gasteiger partial charge in [-0.1, -0.05) is 22.4 Å². The van der Waals surface area contributed by atoms with Gasteiger partial charge < -0.3 is 15.8 Å². The third-order valence-corrected chi connectivity index (χ3v) is 4.44. The smallest absolute Gasteiger partial charge is 0.309 e. The third-order valence-electron chi connectivity index (χ3n) is 3.95. The second kappa shape index (κ2) is 6.93. The molecular formula is C15H19BrN2O3. The Morgan fingerprint density at radius 1 is 1.43 bits per heavy atom. The molecule has 2 atom stereocenters. The van der Waals surface area contributed by atoms with Gasteiger partial charge in [-0.3, -0.25) is 9.59 Å². The van der Waals surface area contributed by atoms with Crippen LogP contribution in [0, 0.1) is 11.8 Å². The molecule has 1 saturated carbocycles. The number of ether oxygens (including phenoxy) is 1. The van der Waals surface area contributed by atoms with E-state index in [1.807, 2.05) is 0 Å². The van der Waals surface area contributed by atoms with Crippen LogP contribution in [0.15, 0.2) is 22.7 Å². The molecule has 0 aliphatic heterocycles. The minimum Gasteiger partial charge on any atom is -0.469 e. The lowest BCUT2D eigenvalue weighted by atomic mass is 9.96. The summed E-state index contributed by atoms with van der Waals surface area (Å²) < 4.78 is 5.61. The Hall–Kier alpha value is -1.56. The van der Waals surface area contributed by atoms with Gasteiger partial charge in [0.1, 0.15) is 0 Å². The fraction of sp³-hybridized carbons (Fsp3) is 0.467. The Morgan fingerprint density at radius 3 is 2.90 bits per heavy atom. The Morgan fingerprint density at radius 2 is 2.19 bits per heavy atom. The number of nitrogens with one attached hydrogen (secondary N) is 1. The number of methoxy groups -OCH3 is 1. The highest BCUT2D eigenvalue weighted by Gasteiger charge is 2.33. The van der Waals surface area contributed by atoms with Crippen LogP contribution < -0.4 is 11.1 Å². The second-order valence-electron chi connectivity index (χ2n) is 5.26. The van der Waals surface area contributed by atoms with Crippen LogP contribution in [0.25, 0.3) is 0 Å². The van der Waals surface area contributed by atoms with Crippen LogP contribution in [0.1, 0.15) is 29.6 Å². The molecule has 1 aromatic carbocycles. The molecule has 3 N–H and O–H groups in total.